The average Bonchev–Trinajstić information content (AvgIpc) is 2.60. The number of nitrogens with two attached hydrogens (primary N) is 2. The summed E-state index contributed by atoms with van der Waals surface area (Å²) in [5.74, 6) is -2.23. The highest BCUT2D eigenvalue weighted by Crippen LogP contribution is 2.35. The normalized spacial score (nSPS) is 13.1. The van der Waals surface area contributed by atoms with Gasteiger partial charge in [0.1, 0.15) is 9.79 Å². The Bertz CT molecular complexity index is 1500. The molecule has 0 fully saturated rings. The molecule has 14 nitrogen and oxygen atoms in total. The van der Waals surface area contributed by atoms with Gasteiger partial charge in [-0.05, 0) is 30.3 Å². The Morgan fingerprint density at radius 3 is 1.75 bits per heavy atom. The molecule has 0 bridgehead atoms. The fraction of sp³-hybridized carbons (Fsp3) is 0.143. The zero-order valence-corrected chi connectivity index (χ0v) is 19.0. The van der Waals surface area contributed by atoms with Gasteiger partial charge < -0.3 is 16.8 Å². The quantitative estimate of drug-likeness (QED) is 0.189. The Kier molecular flexibility index (Phi) is 6.82. The van der Waals surface area contributed by atoms with Crippen LogP contribution in [-0.4, -0.2) is 58.8 Å². The van der Waals surface area contributed by atoms with Crippen LogP contribution < -0.4 is 16.8 Å². The number of benzene rings is 2. The number of nitrogens with one attached hydrogen (secondary N) is 1. The summed E-state index contributed by atoms with van der Waals surface area (Å²) in [7, 11) is -19.1. The zero-order valence-electron chi connectivity index (χ0n) is 15.7. The van der Waals surface area contributed by atoms with E-state index in [1.165, 1.54) is 6.07 Å². The summed E-state index contributed by atoms with van der Waals surface area (Å²) in [5, 5.41) is 2.30. The minimum Gasteiger partial charge on any atom is -0.399 e. The van der Waals surface area contributed by atoms with E-state index in [9.17, 15) is 42.8 Å². The van der Waals surface area contributed by atoms with Gasteiger partial charge in [0.25, 0.3) is 30.4 Å². The predicted molar refractivity (Wildman–Crippen MR) is 113 cm³/mol. The summed E-state index contributed by atoms with van der Waals surface area (Å²) in [5.41, 5.74) is 9.09. The average molecular weight is 532 g/mol. The van der Waals surface area contributed by atoms with Crippen LogP contribution >= 0.6 is 0 Å². The molecule has 178 valence electrons. The van der Waals surface area contributed by atoms with E-state index < -0.39 is 83.4 Å². The molecule has 0 aliphatic heterocycles. The van der Waals surface area contributed by atoms with Crippen molar-refractivity contribution in [2.24, 2.45) is 0 Å². The lowest BCUT2D eigenvalue weighted by Gasteiger charge is -2.16. The van der Waals surface area contributed by atoms with Crippen molar-refractivity contribution >= 4 is 62.9 Å². The molecule has 0 radical (unpaired) electrons. The monoisotopic (exact) mass is 531 g/mol. The number of rotatable bonds is 8. The Balaban J connectivity index is 2.73. The lowest BCUT2D eigenvalue weighted by molar-refractivity contribution is 0.479. The van der Waals surface area contributed by atoms with Gasteiger partial charge in [0.05, 0.1) is 33.5 Å². The zero-order chi connectivity index (χ0) is 24.7. The van der Waals surface area contributed by atoms with E-state index in [1.807, 2.05) is 0 Å². The third-order valence-corrected chi connectivity index (χ3v) is 8.42. The summed E-state index contributed by atoms with van der Waals surface area (Å²) in [4.78, 5) is -2.54. The third-order valence-electron chi connectivity index (χ3n) is 3.89. The Morgan fingerprint density at radius 2 is 1.25 bits per heavy atom. The summed E-state index contributed by atoms with van der Waals surface area (Å²) >= 11 is 0. The molecule has 0 saturated heterocycles. The van der Waals surface area contributed by atoms with Gasteiger partial charge in [-0.1, -0.05) is 0 Å². The van der Waals surface area contributed by atoms with E-state index in [0.717, 1.165) is 12.1 Å². The molecule has 8 N–H and O–H groups in total. The maximum atomic E-state index is 12.6. The Hall–Kier alpha value is -2.48. The van der Waals surface area contributed by atoms with Crippen LogP contribution in [0.15, 0.2) is 45.0 Å². The van der Waals surface area contributed by atoms with Crippen molar-refractivity contribution in [3.63, 3.8) is 0 Å². The molecule has 18 heteroatoms. The first-order valence-electron chi connectivity index (χ1n) is 8.04. The van der Waals surface area contributed by atoms with Crippen LogP contribution in [-0.2, 0) is 40.2 Å². The molecule has 0 unspecified atom stereocenters. The Morgan fingerprint density at radius 1 is 0.688 bits per heavy atom. The Labute approximate surface area is 183 Å². The van der Waals surface area contributed by atoms with Gasteiger partial charge >= 0.3 is 0 Å². The van der Waals surface area contributed by atoms with Gasteiger partial charge in [-0.15, -0.1) is 0 Å². The number of hydrogen-bond acceptors (Lipinski definition) is 11. The van der Waals surface area contributed by atoms with Gasteiger partial charge in [0.2, 0.25) is 0 Å². The SMILES string of the molecule is Nc1ccc(Nc2cc(S(=O)(=O)O)c(N)cc2S(=O)(=O)O)c(S(=O)(=O)CCS(=O)(=O)O)c1. The minimum absolute atomic E-state index is 0.0908. The molecule has 0 heterocycles. The van der Waals surface area contributed by atoms with Crippen molar-refractivity contribution in [1.82, 2.24) is 0 Å². The van der Waals surface area contributed by atoms with E-state index in [1.54, 1.807) is 0 Å². The fourth-order valence-corrected chi connectivity index (χ4v) is 6.48. The van der Waals surface area contributed by atoms with Crippen LogP contribution in [0.2, 0.25) is 0 Å². The first-order valence-corrected chi connectivity index (χ1v) is 14.2. The smallest absolute Gasteiger partial charge is 0.296 e. The highest BCUT2D eigenvalue weighted by Gasteiger charge is 2.26. The lowest BCUT2D eigenvalue weighted by Crippen LogP contribution is -2.18. The summed E-state index contributed by atoms with van der Waals surface area (Å²) in [6, 6.07) is 4.18. The van der Waals surface area contributed by atoms with E-state index in [-0.39, 0.29) is 5.69 Å². The van der Waals surface area contributed by atoms with Crippen LogP contribution in [0.4, 0.5) is 22.7 Å². The predicted octanol–water partition coefficient (Wildman–Crippen LogP) is -0.250. The minimum atomic E-state index is -5.03. The molecule has 32 heavy (non-hydrogen) atoms. The van der Waals surface area contributed by atoms with Crippen LogP contribution in [0.25, 0.3) is 0 Å². The molecule has 0 atom stereocenters. The van der Waals surface area contributed by atoms with Crippen molar-refractivity contribution in [2.45, 2.75) is 14.7 Å². The molecule has 2 aromatic rings. The molecule has 0 saturated carbocycles. The second kappa shape index (κ2) is 8.46. The first-order chi connectivity index (χ1) is 14.3. The topological polar surface area (TPSA) is 261 Å². The second-order valence-electron chi connectivity index (χ2n) is 6.32. The van der Waals surface area contributed by atoms with Crippen molar-refractivity contribution < 1.29 is 47.3 Å². The van der Waals surface area contributed by atoms with Gasteiger partial charge in [-0.3, -0.25) is 13.7 Å². The van der Waals surface area contributed by atoms with E-state index >= 15 is 0 Å². The van der Waals surface area contributed by atoms with Crippen molar-refractivity contribution in [2.75, 3.05) is 28.3 Å². The number of anilines is 4. The molecule has 0 aliphatic carbocycles. The van der Waals surface area contributed by atoms with Gasteiger partial charge in [-0.2, -0.15) is 25.3 Å². The van der Waals surface area contributed by atoms with Crippen molar-refractivity contribution in [3.8, 4) is 0 Å². The summed E-state index contributed by atoms with van der Waals surface area (Å²) in [6.07, 6.45) is 0. The van der Waals surface area contributed by atoms with Gasteiger partial charge in [0.15, 0.2) is 9.84 Å². The lowest BCUT2D eigenvalue weighted by atomic mass is 10.2. The first kappa shape index (κ1) is 25.8. The highest BCUT2D eigenvalue weighted by molar-refractivity contribution is 7.93. The second-order valence-corrected chi connectivity index (χ2v) is 12.8. The maximum Gasteiger partial charge on any atom is 0.296 e. The van der Waals surface area contributed by atoms with Crippen molar-refractivity contribution in [1.29, 1.82) is 0 Å². The van der Waals surface area contributed by atoms with Crippen LogP contribution in [0, 0.1) is 0 Å². The molecule has 0 aromatic heterocycles. The van der Waals surface area contributed by atoms with Crippen molar-refractivity contribution in [3.05, 3.63) is 30.3 Å². The summed E-state index contributed by atoms with van der Waals surface area (Å²) in [6.45, 7) is 0. The van der Waals surface area contributed by atoms with E-state index in [0.29, 0.717) is 12.1 Å². The standard InChI is InChI=1S/C14H17N3O11S4/c15-8-1-2-10(13(5-8)29(18,19)3-4-30(20,21)22)17-11-7-12(31(23,24)25)9(16)6-14(11)32(26,27)28/h1-2,5-7,17H,3-4,15-16H2,(H,20,21,22)(H,23,24,25)(H,26,27,28). The third kappa shape index (κ3) is 6.28. The molecule has 0 aliphatic rings. The number of sulfone groups is 1. The fourth-order valence-electron chi connectivity index (χ4n) is 2.48. The van der Waals surface area contributed by atoms with Crippen LogP contribution in [0.1, 0.15) is 0 Å². The highest BCUT2D eigenvalue weighted by atomic mass is 32.2. The maximum absolute atomic E-state index is 12.6. The van der Waals surface area contributed by atoms with Gasteiger partial charge in [0, 0.05) is 5.69 Å². The van der Waals surface area contributed by atoms with Gasteiger partial charge in [-0.25, -0.2) is 8.42 Å². The molecular formula is C14H17N3O11S4. The van der Waals surface area contributed by atoms with E-state index in [4.69, 9.17) is 16.0 Å². The molecular weight excluding hydrogens is 514 g/mol. The van der Waals surface area contributed by atoms with Crippen LogP contribution in [0.3, 0.4) is 0 Å². The molecule has 2 rings (SSSR count). The molecule has 0 amide bonds. The largest absolute Gasteiger partial charge is 0.399 e. The number of hydrogen-bond donors (Lipinski definition) is 6. The molecule has 2 aromatic carbocycles. The molecule has 0 spiro atoms. The van der Waals surface area contributed by atoms with Crippen LogP contribution in [0.5, 0.6) is 0 Å². The summed E-state index contributed by atoms with van der Waals surface area (Å²) < 4.78 is 121. The van der Waals surface area contributed by atoms with E-state index in [2.05, 4.69) is 5.32 Å². The number of nitrogen functional groups attached to an aromatic ring is 2.